The van der Waals surface area contributed by atoms with Crippen LogP contribution in [0.15, 0.2) is 18.2 Å². The smallest absolute Gasteiger partial charge is 0.353 e. The van der Waals surface area contributed by atoms with Crippen molar-refractivity contribution in [1.82, 2.24) is 9.97 Å². The summed E-state index contributed by atoms with van der Waals surface area (Å²) >= 11 is 0. The zero-order valence-corrected chi connectivity index (χ0v) is 16.1. The summed E-state index contributed by atoms with van der Waals surface area (Å²) in [4.78, 5) is 20.7. The first-order valence-electron chi connectivity index (χ1n) is 9.25. The lowest BCUT2D eigenvalue weighted by Gasteiger charge is -2.23. The number of nitrogens with one attached hydrogen (secondary N) is 3. The summed E-state index contributed by atoms with van der Waals surface area (Å²) in [7, 11) is 0. The predicted octanol–water partition coefficient (Wildman–Crippen LogP) is 0.654. The molecule has 2 aromatic rings. The van der Waals surface area contributed by atoms with Crippen molar-refractivity contribution >= 4 is 29.0 Å². The first-order valence-corrected chi connectivity index (χ1v) is 9.25. The Hall–Kier alpha value is -2.98. The van der Waals surface area contributed by atoms with Crippen molar-refractivity contribution in [3.05, 3.63) is 39.4 Å². The molecular weight excluding hydrogens is 362 g/mol. The number of anilines is 4. The van der Waals surface area contributed by atoms with Gasteiger partial charge in [0.05, 0.1) is 31.2 Å². The van der Waals surface area contributed by atoms with Crippen molar-refractivity contribution in [2.24, 2.45) is 0 Å². The van der Waals surface area contributed by atoms with E-state index in [1.54, 1.807) is 0 Å². The number of nitro groups is 1. The third kappa shape index (κ3) is 4.84. The number of morpholine rings is 1. The lowest BCUT2D eigenvalue weighted by Crippen LogP contribution is -3.14. The molecule has 1 fully saturated rings. The van der Waals surface area contributed by atoms with E-state index in [0.29, 0.717) is 12.2 Å². The summed E-state index contributed by atoms with van der Waals surface area (Å²) in [6.07, 6.45) is 0. The van der Waals surface area contributed by atoms with Crippen LogP contribution >= 0.6 is 0 Å². The highest BCUT2D eigenvalue weighted by Gasteiger charge is 2.23. The van der Waals surface area contributed by atoms with Gasteiger partial charge in [-0.15, -0.1) is 0 Å². The molecule has 0 radical (unpaired) electrons. The van der Waals surface area contributed by atoms with E-state index >= 15 is 0 Å². The standard InChI is InChI=1S/C18H25N7O3/c1-12-3-4-14(11-13(12)2)21-17-15(25(26)27)16(19)22-18(23-17)20-5-6-24-7-9-28-10-8-24/h3-4,11H,5-10H2,1-2H3,(H4,19,20,21,22,23)/p+1. The maximum atomic E-state index is 11.5. The molecule has 0 spiro atoms. The second-order valence-corrected chi connectivity index (χ2v) is 6.85. The number of rotatable bonds is 7. The Labute approximate surface area is 163 Å². The summed E-state index contributed by atoms with van der Waals surface area (Å²) < 4.78 is 5.35. The van der Waals surface area contributed by atoms with E-state index in [1.807, 2.05) is 32.0 Å². The SMILES string of the molecule is Cc1ccc(Nc2nc(NCC[NH+]3CCOCC3)nc(N)c2[N+](=O)[O-])cc1C. The molecular formula is C18H26N7O3+. The number of ether oxygens (including phenoxy) is 1. The van der Waals surface area contributed by atoms with Crippen molar-refractivity contribution in [3.63, 3.8) is 0 Å². The van der Waals surface area contributed by atoms with Crippen molar-refractivity contribution < 1.29 is 14.6 Å². The summed E-state index contributed by atoms with van der Waals surface area (Å²) in [6.45, 7) is 8.95. The maximum absolute atomic E-state index is 11.5. The number of hydrogen-bond donors (Lipinski definition) is 4. The fourth-order valence-electron chi connectivity index (χ4n) is 3.04. The van der Waals surface area contributed by atoms with Gasteiger partial charge in [-0.1, -0.05) is 6.07 Å². The summed E-state index contributed by atoms with van der Waals surface area (Å²) in [5.41, 5.74) is 8.43. The average Bonchev–Trinajstić information content (AvgIpc) is 2.65. The molecule has 2 heterocycles. The van der Waals surface area contributed by atoms with Gasteiger partial charge in [-0.2, -0.15) is 9.97 Å². The van der Waals surface area contributed by atoms with Gasteiger partial charge in [-0.25, -0.2) is 0 Å². The van der Waals surface area contributed by atoms with Gasteiger partial charge in [-0.3, -0.25) is 10.1 Å². The predicted molar refractivity (Wildman–Crippen MR) is 107 cm³/mol. The Morgan fingerprint density at radius 1 is 1.25 bits per heavy atom. The Morgan fingerprint density at radius 2 is 2.00 bits per heavy atom. The Morgan fingerprint density at radius 3 is 2.68 bits per heavy atom. The number of nitrogens with zero attached hydrogens (tertiary/aromatic N) is 3. The number of aryl methyl sites for hydroxylation is 2. The van der Waals surface area contributed by atoms with Crippen LogP contribution in [0.4, 0.5) is 29.0 Å². The van der Waals surface area contributed by atoms with Gasteiger partial charge >= 0.3 is 5.69 Å². The summed E-state index contributed by atoms with van der Waals surface area (Å²) in [6, 6.07) is 5.70. The second kappa shape index (κ2) is 8.81. The van der Waals surface area contributed by atoms with Crippen LogP contribution in [0, 0.1) is 24.0 Å². The minimum absolute atomic E-state index is 0.0713. The molecule has 0 saturated carbocycles. The third-order valence-corrected chi connectivity index (χ3v) is 4.82. The Balaban J connectivity index is 1.76. The van der Waals surface area contributed by atoms with Gasteiger partial charge < -0.3 is 26.0 Å². The summed E-state index contributed by atoms with van der Waals surface area (Å²) in [5.74, 6) is 0.164. The highest BCUT2D eigenvalue weighted by molar-refractivity contribution is 5.74. The molecule has 5 N–H and O–H groups in total. The fraction of sp³-hybridized carbons (Fsp3) is 0.444. The molecule has 0 atom stereocenters. The van der Waals surface area contributed by atoms with Crippen LogP contribution in [0.1, 0.15) is 11.1 Å². The first kappa shape index (κ1) is 19.8. The number of nitrogens with two attached hydrogens (primary N) is 1. The molecule has 0 aliphatic carbocycles. The lowest BCUT2D eigenvalue weighted by molar-refractivity contribution is -0.906. The molecule has 0 unspecified atom stereocenters. The number of quaternary nitrogens is 1. The topological polar surface area (TPSA) is 133 Å². The third-order valence-electron chi connectivity index (χ3n) is 4.82. The largest absolute Gasteiger partial charge is 0.378 e. The zero-order chi connectivity index (χ0) is 20.1. The summed E-state index contributed by atoms with van der Waals surface area (Å²) in [5, 5.41) is 17.6. The Bertz CT molecular complexity index is 853. The molecule has 1 aliphatic heterocycles. The van der Waals surface area contributed by atoms with Gasteiger partial charge in [0.25, 0.3) is 0 Å². The molecule has 150 valence electrons. The van der Waals surface area contributed by atoms with Crippen molar-refractivity contribution in [2.45, 2.75) is 13.8 Å². The Kier molecular flexibility index (Phi) is 6.22. The van der Waals surface area contributed by atoms with Crippen LogP contribution in [0.25, 0.3) is 0 Å². The van der Waals surface area contributed by atoms with E-state index in [-0.39, 0.29) is 23.3 Å². The van der Waals surface area contributed by atoms with E-state index in [9.17, 15) is 10.1 Å². The molecule has 10 heteroatoms. The van der Waals surface area contributed by atoms with E-state index < -0.39 is 4.92 Å². The van der Waals surface area contributed by atoms with Crippen LogP contribution in [0.3, 0.4) is 0 Å². The molecule has 28 heavy (non-hydrogen) atoms. The molecule has 1 saturated heterocycles. The van der Waals surface area contributed by atoms with Crippen molar-refractivity contribution in [3.8, 4) is 0 Å². The van der Waals surface area contributed by atoms with Gasteiger partial charge in [0.2, 0.25) is 17.6 Å². The fourth-order valence-corrected chi connectivity index (χ4v) is 3.04. The molecule has 1 aromatic carbocycles. The average molecular weight is 388 g/mol. The highest BCUT2D eigenvalue weighted by Crippen LogP contribution is 2.31. The van der Waals surface area contributed by atoms with Gasteiger partial charge in [0, 0.05) is 5.69 Å². The molecule has 0 bridgehead atoms. The minimum atomic E-state index is -0.569. The first-order chi connectivity index (χ1) is 13.4. The molecule has 0 amide bonds. The van der Waals surface area contributed by atoms with Gasteiger partial charge in [-0.05, 0) is 37.1 Å². The maximum Gasteiger partial charge on any atom is 0.353 e. The number of benzene rings is 1. The van der Waals surface area contributed by atoms with Crippen molar-refractivity contribution in [2.75, 3.05) is 55.8 Å². The monoisotopic (exact) mass is 388 g/mol. The van der Waals surface area contributed by atoms with E-state index in [0.717, 1.165) is 44.0 Å². The van der Waals surface area contributed by atoms with Crippen LogP contribution in [0.2, 0.25) is 0 Å². The second-order valence-electron chi connectivity index (χ2n) is 6.85. The van der Waals surface area contributed by atoms with E-state index in [4.69, 9.17) is 10.5 Å². The zero-order valence-electron chi connectivity index (χ0n) is 16.1. The van der Waals surface area contributed by atoms with E-state index in [2.05, 4.69) is 20.6 Å². The van der Waals surface area contributed by atoms with Crippen molar-refractivity contribution in [1.29, 1.82) is 0 Å². The minimum Gasteiger partial charge on any atom is -0.378 e. The quantitative estimate of drug-likeness (QED) is 0.401. The highest BCUT2D eigenvalue weighted by atomic mass is 16.6. The number of aromatic nitrogens is 2. The molecule has 1 aliphatic rings. The molecule has 10 nitrogen and oxygen atoms in total. The molecule has 1 aromatic heterocycles. The van der Waals surface area contributed by atoms with E-state index in [1.165, 1.54) is 4.90 Å². The van der Waals surface area contributed by atoms with Gasteiger partial charge in [0.15, 0.2) is 0 Å². The van der Waals surface area contributed by atoms with Crippen LogP contribution in [-0.2, 0) is 4.74 Å². The number of nitrogen functional groups attached to an aromatic ring is 1. The van der Waals surface area contributed by atoms with Gasteiger partial charge in [0.1, 0.15) is 13.1 Å². The molecule has 3 rings (SSSR count). The normalized spacial score (nSPS) is 14.6. The number of hydrogen-bond acceptors (Lipinski definition) is 8. The lowest BCUT2D eigenvalue weighted by atomic mass is 10.1. The van der Waals surface area contributed by atoms with Crippen LogP contribution in [0.5, 0.6) is 0 Å². The van der Waals surface area contributed by atoms with Crippen LogP contribution < -0.4 is 21.3 Å². The van der Waals surface area contributed by atoms with Crippen LogP contribution in [-0.4, -0.2) is 54.3 Å².